The number of hydrogen-bond acceptors (Lipinski definition) is 2. The summed E-state index contributed by atoms with van der Waals surface area (Å²) in [5.41, 5.74) is 2.59. The lowest BCUT2D eigenvalue weighted by atomic mass is 10.0. The highest BCUT2D eigenvalue weighted by atomic mass is 35.5. The zero-order valence-electron chi connectivity index (χ0n) is 9.82. The summed E-state index contributed by atoms with van der Waals surface area (Å²) in [4.78, 5) is 0. The van der Waals surface area contributed by atoms with Crippen LogP contribution in [0.25, 0.3) is 0 Å². The maximum atomic E-state index is 5.93. The van der Waals surface area contributed by atoms with Gasteiger partial charge >= 0.3 is 0 Å². The number of rotatable bonds is 5. The van der Waals surface area contributed by atoms with Gasteiger partial charge in [0.1, 0.15) is 0 Å². The lowest BCUT2D eigenvalue weighted by molar-refractivity contribution is 0.600. The smallest absolute Gasteiger partial charge is 0.0584 e. The molecule has 0 bridgehead atoms. The fourth-order valence-corrected chi connectivity index (χ4v) is 2.62. The summed E-state index contributed by atoms with van der Waals surface area (Å²) in [5, 5.41) is 8.67. The van der Waals surface area contributed by atoms with Gasteiger partial charge in [-0.3, -0.25) is 0 Å². The van der Waals surface area contributed by atoms with E-state index in [9.17, 15) is 0 Å². The van der Waals surface area contributed by atoms with E-state index >= 15 is 0 Å². The minimum atomic E-state index is 0.276. The Bertz CT molecular complexity index is 436. The predicted molar refractivity (Wildman–Crippen MR) is 75.9 cm³/mol. The van der Waals surface area contributed by atoms with Gasteiger partial charge in [-0.15, -0.1) is 0 Å². The molecule has 0 aliphatic carbocycles. The molecule has 0 radical (unpaired) electrons. The van der Waals surface area contributed by atoms with Gasteiger partial charge in [0.15, 0.2) is 0 Å². The molecule has 2 rings (SSSR count). The number of thiophene rings is 1. The Hall–Kier alpha value is -0.830. The molecule has 1 N–H and O–H groups in total. The molecule has 0 amide bonds. The molecule has 1 nitrogen and oxygen atoms in total. The molecule has 1 unspecified atom stereocenters. The number of benzene rings is 1. The zero-order valence-corrected chi connectivity index (χ0v) is 11.4. The lowest BCUT2D eigenvalue weighted by Crippen LogP contribution is -2.22. The average Bonchev–Trinajstić information content (AvgIpc) is 2.85. The Kier molecular flexibility index (Phi) is 4.60. The van der Waals surface area contributed by atoms with E-state index in [0.717, 1.165) is 18.0 Å². The van der Waals surface area contributed by atoms with Crippen LogP contribution < -0.4 is 5.32 Å². The molecule has 0 fully saturated rings. The molecule has 0 saturated carbocycles. The predicted octanol–water partition coefficient (Wildman–Crippen LogP) is 4.49. The molecule has 1 atom stereocenters. The fourth-order valence-electron chi connectivity index (χ4n) is 1.81. The van der Waals surface area contributed by atoms with Crippen LogP contribution in [-0.2, 0) is 0 Å². The molecule has 0 aliphatic heterocycles. The van der Waals surface area contributed by atoms with Crippen LogP contribution in [0, 0.1) is 0 Å². The highest BCUT2D eigenvalue weighted by Gasteiger charge is 2.13. The van der Waals surface area contributed by atoms with Crippen LogP contribution in [0.4, 0.5) is 0 Å². The van der Waals surface area contributed by atoms with Gasteiger partial charge in [0.2, 0.25) is 0 Å². The van der Waals surface area contributed by atoms with E-state index < -0.39 is 0 Å². The molecule has 2 aromatic rings. The van der Waals surface area contributed by atoms with Crippen molar-refractivity contribution in [2.45, 2.75) is 19.4 Å². The summed E-state index contributed by atoms with van der Waals surface area (Å²) in [5.74, 6) is 0. The molecule has 90 valence electrons. The van der Waals surface area contributed by atoms with Gasteiger partial charge in [-0.2, -0.15) is 11.3 Å². The van der Waals surface area contributed by atoms with E-state index in [0.29, 0.717) is 0 Å². The van der Waals surface area contributed by atoms with E-state index in [-0.39, 0.29) is 6.04 Å². The third-order valence-corrected chi connectivity index (χ3v) is 3.63. The molecule has 0 spiro atoms. The second kappa shape index (κ2) is 6.20. The van der Waals surface area contributed by atoms with Gasteiger partial charge in [-0.25, -0.2) is 0 Å². The SMILES string of the molecule is CCCNC(c1ccc(Cl)cc1)c1ccsc1. The van der Waals surface area contributed by atoms with Gasteiger partial charge in [0.05, 0.1) is 6.04 Å². The van der Waals surface area contributed by atoms with Crippen LogP contribution >= 0.6 is 22.9 Å². The summed E-state index contributed by atoms with van der Waals surface area (Å²) in [7, 11) is 0. The first-order chi connectivity index (χ1) is 8.31. The summed E-state index contributed by atoms with van der Waals surface area (Å²) in [6.07, 6.45) is 1.13. The van der Waals surface area contributed by atoms with Crippen molar-refractivity contribution >= 4 is 22.9 Å². The average molecular weight is 266 g/mol. The standard InChI is InChI=1S/C14H16ClNS/c1-2-8-16-14(12-7-9-17-10-12)11-3-5-13(15)6-4-11/h3-7,9-10,14,16H,2,8H2,1H3. The summed E-state index contributed by atoms with van der Waals surface area (Å²) in [6, 6.07) is 10.5. The monoisotopic (exact) mass is 265 g/mol. The topological polar surface area (TPSA) is 12.0 Å². The number of nitrogens with one attached hydrogen (secondary N) is 1. The molecule has 3 heteroatoms. The normalized spacial score (nSPS) is 12.6. The molecule has 0 saturated heterocycles. The molecule has 1 aromatic carbocycles. The maximum Gasteiger partial charge on any atom is 0.0584 e. The summed E-state index contributed by atoms with van der Waals surface area (Å²) in [6.45, 7) is 3.20. The van der Waals surface area contributed by atoms with Crippen LogP contribution in [0.15, 0.2) is 41.1 Å². The van der Waals surface area contributed by atoms with Crippen molar-refractivity contribution in [3.8, 4) is 0 Å². The van der Waals surface area contributed by atoms with Gasteiger partial charge < -0.3 is 5.32 Å². The third-order valence-electron chi connectivity index (χ3n) is 2.68. The third kappa shape index (κ3) is 3.32. The highest BCUT2D eigenvalue weighted by molar-refractivity contribution is 7.08. The van der Waals surface area contributed by atoms with Gasteiger partial charge in [-0.05, 0) is 53.1 Å². The molecule has 0 aliphatic rings. The first kappa shape index (κ1) is 12.6. The molecule has 1 heterocycles. The Morgan fingerprint density at radius 2 is 1.94 bits per heavy atom. The van der Waals surface area contributed by atoms with E-state index in [1.165, 1.54) is 11.1 Å². The van der Waals surface area contributed by atoms with Crippen LogP contribution in [0.2, 0.25) is 5.02 Å². The van der Waals surface area contributed by atoms with Crippen molar-refractivity contribution in [3.05, 3.63) is 57.2 Å². The van der Waals surface area contributed by atoms with Crippen molar-refractivity contribution in [1.29, 1.82) is 0 Å². The van der Waals surface area contributed by atoms with Gasteiger partial charge in [-0.1, -0.05) is 30.7 Å². The second-order valence-electron chi connectivity index (χ2n) is 4.00. The minimum Gasteiger partial charge on any atom is -0.306 e. The first-order valence-electron chi connectivity index (χ1n) is 5.82. The van der Waals surface area contributed by atoms with E-state index in [2.05, 4.69) is 41.2 Å². The molecular formula is C14H16ClNS. The second-order valence-corrected chi connectivity index (χ2v) is 5.21. The Labute approximate surface area is 111 Å². The highest BCUT2D eigenvalue weighted by Crippen LogP contribution is 2.25. The van der Waals surface area contributed by atoms with Crippen molar-refractivity contribution in [1.82, 2.24) is 5.32 Å². The Balaban J connectivity index is 2.23. The minimum absolute atomic E-state index is 0.276. The Morgan fingerprint density at radius 3 is 2.53 bits per heavy atom. The van der Waals surface area contributed by atoms with Crippen LogP contribution in [-0.4, -0.2) is 6.54 Å². The molecule has 1 aromatic heterocycles. The van der Waals surface area contributed by atoms with Crippen molar-refractivity contribution in [2.75, 3.05) is 6.54 Å². The maximum absolute atomic E-state index is 5.93. The Morgan fingerprint density at radius 1 is 1.18 bits per heavy atom. The number of hydrogen-bond donors (Lipinski definition) is 1. The largest absolute Gasteiger partial charge is 0.306 e. The van der Waals surface area contributed by atoms with Crippen molar-refractivity contribution in [3.63, 3.8) is 0 Å². The van der Waals surface area contributed by atoms with E-state index in [1.54, 1.807) is 11.3 Å². The zero-order chi connectivity index (χ0) is 12.1. The van der Waals surface area contributed by atoms with Crippen molar-refractivity contribution in [2.24, 2.45) is 0 Å². The lowest BCUT2D eigenvalue weighted by Gasteiger charge is -2.18. The molecular weight excluding hydrogens is 250 g/mol. The van der Waals surface area contributed by atoms with E-state index in [4.69, 9.17) is 11.6 Å². The van der Waals surface area contributed by atoms with Crippen LogP contribution in [0.1, 0.15) is 30.5 Å². The summed E-state index contributed by atoms with van der Waals surface area (Å²) >= 11 is 7.66. The summed E-state index contributed by atoms with van der Waals surface area (Å²) < 4.78 is 0. The van der Waals surface area contributed by atoms with Crippen molar-refractivity contribution < 1.29 is 0 Å². The fraction of sp³-hybridized carbons (Fsp3) is 0.286. The van der Waals surface area contributed by atoms with E-state index in [1.807, 2.05) is 12.1 Å². The van der Waals surface area contributed by atoms with Crippen LogP contribution in [0.3, 0.4) is 0 Å². The number of halogens is 1. The first-order valence-corrected chi connectivity index (χ1v) is 7.14. The van der Waals surface area contributed by atoms with Gasteiger partial charge in [0, 0.05) is 5.02 Å². The van der Waals surface area contributed by atoms with Gasteiger partial charge in [0.25, 0.3) is 0 Å². The molecule has 17 heavy (non-hydrogen) atoms. The van der Waals surface area contributed by atoms with Crippen LogP contribution in [0.5, 0.6) is 0 Å². The quantitative estimate of drug-likeness (QED) is 0.840.